The van der Waals surface area contributed by atoms with Crippen LogP contribution in [-0.4, -0.2) is 31.1 Å². The Balaban J connectivity index is 1.36. The second-order valence-electron chi connectivity index (χ2n) is 6.80. The number of furan rings is 1. The van der Waals surface area contributed by atoms with Crippen LogP contribution in [0, 0.1) is 0 Å². The fraction of sp³-hybridized carbons (Fsp3) is 0.167. The molecule has 0 atom stereocenters. The zero-order chi connectivity index (χ0) is 21.5. The fourth-order valence-corrected chi connectivity index (χ4v) is 3.18. The number of para-hydroxylation sites is 2. The first-order valence-corrected chi connectivity index (χ1v) is 10.00. The number of nitrogens with zero attached hydrogens (tertiary/aromatic N) is 1. The molecule has 31 heavy (non-hydrogen) atoms. The maximum absolute atomic E-state index is 11.9. The van der Waals surface area contributed by atoms with Gasteiger partial charge in [0.05, 0.1) is 18.9 Å². The third-order valence-corrected chi connectivity index (χ3v) is 4.71. The van der Waals surface area contributed by atoms with Crippen LogP contribution in [0.4, 0.5) is 5.69 Å². The van der Waals surface area contributed by atoms with Gasteiger partial charge in [0.1, 0.15) is 5.75 Å². The first kappa shape index (κ1) is 20.3. The smallest absolute Gasteiger partial charge is 0.286 e. The molecule has 158 valence electrons. The number of ether oxygens (including phenoxy) is 2. The number of hydrogen-bond acceptors (Lipinski definition) is 6. The average Bonchev–Trinajstić information content (AvgIpc) is 3.34. The Labute approximate surface area is 180 Å². The van der Waals surface area contributed by atoms with Gasteiger partial charge in [-0.1, -0.05) is 12.1 Å². The van der Waals surface area contributed by atoms with Gasteiger partial charge >= 0.3 is 0 Å². The monoisotopic (exact) mass is 417 g/mol. The van der Waals surface area contributed by atoms with E-state index in [-0.39, 0.29) is 5.91 Å². The molecule has 0 radical (unpaired) electrons. The summed E-state index contributed by atoms with van der Waals surface area (Å²) in [6, 6.07) is 18.6. The van der Waals surface area contributed by atoms with Gasteiger partial charge in [0.15, 0.2) is 17.3 Å². The molecule has 0 spiro atoms. The van der Waals surface area contributed by atoms with Crippen LogP contribution in [0.3, 0.4) is 0 Å². The van der Waals surface area contributed by atoms with Crippen molar-refractivity contribution in [3.05, 3.63) is 78.9 Å². The third kappa shape index (κ3) is 4.95. The molecule has 0 aliphatic heterocycles. The quantitative estimate of drug-likeness (QED) is 0.378. The summed E-state index contributed by atoms with van der Waals surface area (Å²) >= 11 is 0. The summed E-state index contributed by atoms with van der Waals surface area (Å²) < 4.78 is 16.4. The van der Waals surface area contributed by atoms with E-state index in [2.05, 4.69) is 15.6 Å². The van der Waals surface area contributed by atoms with Gasteiger partial charge in [-0.2, -0.15) is 0 Å². The molecule has 0 aliphatic rings. The first-order chi connectivity index (χ1) is 15.2. The molecule has 2 heterocycles. The molecule has 4 aromatic rings. The highest BCUT2D eigenvalue weighted by atomic mass is 16.5. The zero-order valence-electron chi connectivity index (χ0n) is 17.1. The Bertz CT molecular complexity index is 1160. The number of aromatic nitrogens is 1. The summed E-state index contributed by atoms with van der Waals surface area (Å²) in [5, 5.41) is 7.24. The Morgan fingerprint density at radius 3 is 2.71 bits per heavy atom. The Kier molecular flexibility index (Phi) is 6.32. The number of rotatable bonds is 9. The summed E-state index contributed by atoms with van der Waals surface area (Å²) in [6.45, 7) is 1.25. The van der Waals surface area contributed by atoms with Gasteiger partial charge in [0.25, 0.3) is 5.91 Å². The minimum absolute atomic E-state index is 0.207. The molecule has 2 aromatic carbocycles. The highest BCUT2D eigenvalue weighted by Crippen LogP contribution is 2.33. The summed E-state index contributed by atoms with van der Waals surface area (Å²) in [6.07, 6.45) is 4.01. The number of hydrogen-bond donors (Lipinski definition) is 2. The van der Waals surface area contributed by atoms with Crippen molar-refractivity contribution in [3.63, 3.8) is 0 Å². The minimum Gasteiger partial charge on any atom is -0.493 e. The maximum atomic E-state index is 11.9. The highest BCUT2D eigenvalue weighted by Gasteiger charge is 2.09. The van der Waals surface area contributed by atoms with Crippen molar-refractivity contribution in [3.8, 4) is 17.2 Å². The second-order valence-corrected chi connectivity index (χ2v) is 6.80. The molecule has 2 aromatic heterocycles. The average molecular weight is 417 g/mol. The van der Waals surface area contributed by atoms with Crippen molar-refractivity contribution in [1.82, 2.24) is 10.3 Å². The second kappa shape index (κ2) is 9.67. The molecule has 0 unspecified atom stereocenters. The Hall–Kier alpha value is -4.00. The molecule has 2 N–H and O–H groups in total. The van der Waals surface area contributed by atoms with E-state index in [0.29, 0.717) is 36.1 Å². The largest absolute Gasteiger partial charge is 0.493 e. The topological polar surface area (TPSA) is 85.6 Å². The molecule has 0 saturated carbocycles. The number of benzene rings is 2. The molecule has 0 saturated heterocycles. The van der Waals surface area contributed by atoms with Crippen LogP contribution in [-0.2, 0) is 0 Å². The molecular weight excluding hydrogens is 394 g/mol. The third-order valence-electron chi connectivity index (χ3n) is 4.71. The Morgan fingerprint density at radius 2 is 1.90 bits per heavy atom. The number of carbonyl (C=O) groups excluding carboxylic acids is 1. The lowest BCUT2D eigenvalue weighted by atomic mass is 10.1. The molecule has 1 amide bonds. The van der Waals surface area contributed by atoms with Crippen LogP contribution < -0.4 is 20.1 Å². The van der Waals surface area contributed by atoms with Crippen LogP contribution in [0.1, 0.15) is 17.0 Å². The van der Waals surface area contributed by atoms with Crippen molar-refractivity contribution in [2.75, 3.05) is 25.5 Å². The van der Waals surface area contributed by atoms with E-state index in [1.54, 1.807) is 25.4 Å². The molecule has 4 rings (SSSR count). The number of anilines is 1. The number of carbonyl (C=O) groups is 1. The summed E-state index contributed by atoms with van der Waals surface area (Å²) in [7, 11) is 1.62. The van der Waals surface area contributed by atoms with Gasteiger partial charge in [-0.25, -0.2) is 0 Å². The minimum atomic E-state index is -0.207. The van der Waals surface area contributed by atoms with Crippen LogP contribution >= 0.6 is 0 Å². The van der Waals surface area contributed by atoms with E-state index in [1.165, 1.54) is 6.26 Å². The SMILES string of the molecule is COc1ccccc1Oc1ccc2c(NCCCNC(=O)c3ccco3)ccnc2c1. The van der Waals surface area contributed by atoms with E-state index in [1.807, 2.05) is 48.5 Å². The number of nitrogens with one attached hydrogen (secondary N) is 2. The van der Waals surface area contributed by atoms with E-state index in [0.717, 1.165) is 23.0 Å². The van der Waals surface area contributed by atoms with E-state index >= 15 is 0 Å². The van der Waals surface area contributed by atoms with Crippen LogP contribution in [0.2, 0.25) is 0 Å². The van der Waals surface area contributed by atoms with Crippen molar-refractivity contribution >= 4 is 22.5 Å². The maximum Gasteiger partial charge on any atom is 0.286 e. The summed E-state index contributed by atoms with van der Waals surface area (Å²) in [5.74, 6) is 2.11. The number of pyridine rings is 1. The zero-order valence-corrected chi connectivity index (χ0v) is 17.1. The lowest BCUT2D eigenvalue weighted by molar-refractivity contribution is 0.0926. The van der Waals surface area contributed by atoms with Gasteiger partial charge in [-0.15, -0.1) is 0 Å². The summed E-state index contributed by atoms with van der Waals surface area (Å²) in [5.41, 5.74) is 1.80. The van der Waals surface area contributed by atoms with Crippen molar-refractivity contribution in [2.45, 2.75) is 6.42 Å². The lowest BCUT2D eigenvalue weighted by Crippen LogP contribution is -2.25. The predicted molar refractivity (Wildman–Crippen MR) is 119 cm³/mol. The Morgan fingerprint density at radius 1 is 1.03 bits per heavy atom. The highest BCUT2D eigenvalue weighted by molar-refractivity contribution is 5.92. The van der Waals surface area contributed by atoms with E-state index in [4.69, 9.17) is 13.9 Å². The van der Waals surface area contributed by atoms with Gasteiger partial charge in [-0.05, 0) is 48.9 Å². The lowest BCUT2D eigenvalue weighted by Gasteiger charge is -2.12. The number of amides is 1. The predicted octanol–water partition coefficient (Wildman–Crippen LogP) is 4.86. The van der Waals surface area contributed by atoms with Gasteiger partial charge in [0.2, 0.25) is 0 Å². The van der Waals surface area contributed by atoms with Crippen LogP contribution in [0.5, 0.6) is 17.2 Å². The molecule has 0 bridgehead atoms. The van der Waals surface area contributed by atoms with Crippen molar-refractivity contribution in [1.29, 1.82) is 0 Å². The molecule has 0 fully saturated rings. The normalized spacial score (nSPS) is 10.6. The van der Waals surface area contributed by atoms with Gasteiger partial charge in [0, 0.05) is 36.4 Å². The molecule has 7 nitrogen and oxygen atoms in total. The number of methoxy groups -OCH3 is 1. The first-order valence-electron chi connectivity index (χ1n) is 10.00. The molecular formula is C24H23N3O4. The van der Waals surface area contributed by atoms with Crippen molar-refractivity contribution in [2.24, 2.45) is 0 Å². The van der Waals surface area contributed by atoms with E-state index < -0.39 is 0 Å². The van der Waals surface area contributed by atoms with Gasteiger partial charge in [-0.3, -0.25) is 9.78 Å². The molecule has 0 aliphatic carbocycles. The summed E-state index contributed by atoms with van der Waals surface area (Å²) in [4.78, 5) is 16.3. The fourth-order valence-electron chi connectivity index (χ4n) is 3.18. The molecule has 7 heteroatoms. The number of fused-ring (bicyclic) bond motifs is 1. The van der Waals surface area contributed by atoms with Crippen LogP contribution in [0.15, 0.2) is 77.5 Å². The van der Waals surface area contributed by atoms with Crippen molar-refractivity contribution < 1.29 is 18.7 Å². The van der Waals surface area contributed by atoms with E-state index in [9.17, 15) is 4.79 Å². The van der Waals surface area contributed by atoms with Gasteiger partial charge < -0.3 is 24.5 Å². The van der Waals surface area contributed by atoms with Crippen LogP contribution in [0.25, 0.3) is 10.9 Å². The standard InChI is InChI=1S/C24H23N3O4/c1-29-21-6-2-3-7-22(21)31-17-9-10-18-19(11-14-26-20(18)16-17)25-12-5-13-27-24(28)23-8-4-15-30-23/h2-4,6-11,14-16H,5,12-13H2,1H3,(H,25,26)(H,27,28).